The van der Waals surface area contributed by atoms with E-state index in [1.807, 2.05) is 0 Å². The van der Waals surface area contributed by atoms with Gasteiger partial charge in [-0.05, 0) is 22.0 Å². The fraction of sp³-hybridized carbons (Fsp3) is 0.231. The molecule has 1 aromatic carbocycles. The molecular weight excluding hydrogens is 359 g/mol. The second-order valence-electron chi connectivity index (χ2n) is 4.69. The molecule has 116 valence electrons. The lowest BCUT2D eigenvalue weighted by atomic mass is 10.1. The standard InChI is InChI=1S/C13H12BrFN4O3/c1-8(6-18-7-9(14)5-16-18)13(20)17-12-4-10(19(21)22)2-3-11(12)15/h2-5,7-8H,6H2,1H3,(H,17,20)/t8-/m1/s1. The second kappa shape index (κ2) is 6.65. The van der Waals surface area contributed by atoms with Gasteiger partial charge in [-0.25, -0.2) is 4.39 Å². The quantitative estimate of drug-likeness (QED) is 0.646. The van der Waals surface area contributed by atoms with Crippen molar-refractivity contribution in [1.82, 2.24) is 9.78 Å². The number of rotatable bonds is 5. The van der Waals surface area contributed by atoms with Crippen LogP contribution in [0.25, 0.3) is 0 Å². The number of hydrogen-bond acceptors (Lipinski definition) is 4. The van der Waals surface area contributed by atoms with Crippen LogP contribution in [0.4, 0.5) is 15.8 Å². The molecule has 0 saturated carbocycles. The number of anilines is 1. The third-order valence-corrected chi connectivity index (χ3v) is 3.34. The molecule has 0 unspecified atom stereocenters. The summed E-state index contributed by atoms with van der Waals surface area (Å²) < 4.78 is 16.0. The Balaban J connectivity index is 2.07. The van der Waals surface area contributed by atoms with Crippen LogP contribution in [0.3, 0.4) is 0 Å². The summed E-state index contributed by atoms with van der Waals surface area (Å²) >= 11 is 3.25. The van der Waals surface area contributed by atoms with Crippen LogP contribution in [0.1, 0.15) is 6.92 Å². The number of carbonyl (C=O) groups excluding carboxylic acids is 1. The van der Waals surface area contributed by atoms with Crippen molar-refractivity contribution in [3.8, 4) is 0 Å². The predicted octanol–water partition coefficient (Wildman–Crippen LogP) is 2.97. The predicted molar refractivity (Wildman–Crippen MR) is 80.8 cm³/mol. The normalized spacial score (nSPS) is 12.0. The molecule has 1 heterocycles. The minimum absolute atomic E-state index is 0.215. The number of nitro benzene ring substituents is 1. The average Bonchev–Trinajstić information content (AvgIpc) is 2.86. The third-order valence-electron chi connectivity index (χ3n) is 2.93. The number of halogens is 2. The molecule has 0 bridgehead atoms. The van der Waals surface area contributed by atoms with Gasteiger partial charge in [-0.1, -0.05) is 6.92 Å². The number of hydrogen-bond donors (Lipinski definition) is 1. The highest BCUT2D eigenvalue weighted by Gasteiger charge is 2.18. The number of aromatic nitrogens is 2. The minimum atomic E-state index is -0.729. The maximum atomic E-state index is 13.6. The summed E-state index contributed by atoms with van der Waals surface area (Å²) in [6, 6.07) is 2.98. The maximum Gasteiger partial charge on any atom is 0.271 e. The average molecular weight is 371 g/mol. The number of nitrogens with zero attached hydrogens (tertiary/aromatic N) is 3. The maximum absolute atomic E-state index is 13.6. The molecule has 1 aromatic heterocycles. The highest BCUT2D eigenvalue weighted by atomic mass is 79.9. The monoisotopic (exact) mass is 370 g/mol. The van der Waals surface area contributed by atoms with Crippen molar-refractivity contribution >= 4 is 33.2 Å². The smallest absolute Gasteiger partial charge is 0.271 e. The van der Waals surface area contributed by atoms with Gasteiger partial charge < -0.3 is 5.32 Å². The Kier molecular flexibility index (Phi) is 4.86. The Morgan fingerprint density at radius 1 is 1.59 bits per heavy atom. The van der Waals surface area contributed by atoms with Gasteiger partial charge in [0.15, 0.2) is 0 Å². The molecule has 9 heteroatoms. The first-order valence-electron chi connectivity index (χ1n) is 6.29. The summed E-state index contributed by atoms with van der Waals surface area (Å²) in [7, 11) is 0. The van der Waals surface area contributed by atoms with Gasteiger partial charge in [-0.2, -0.15) is 5.10 Å². The summed E-state index contributed by atoms with van der Waals surface area (Å²) in [6.45, 7) is 1.95. The summed E-state index contributed by atoms with van der Waals surface area (Å²) in [5.74, 6) is -1.68. The zero-order valence-electron chi connectivity index (χ0n) is 11.5. The lowest BCUT2D eigenvalue weighted by Crippen LogP contribution is -2.25. The fourth-order valence-electron chi connectivity index (χ4n) is 1.78. The first-order valence-corrected chi connectivity index (χ1v) is 7.09. The molecule has 2 rings (SSSR count). The topological polar surface area (TPSA) is 90.1 Å². The van der Waals surface area contributed by atoms with Crippen molar-refractivity contribution in [2.75, 3.05) is 5.32 Å². The Labute approximate surface area is 133 Å². The van der Waals surface area contributed by atoms with Crippen molar-refractivity contribution in [3.05, 3.63) is 51.0 Å². The van der Waals surface area contributed by atoms with Gasteiger partial charge in [0, 0.05) is 18.3 Å². The Morgan fingerprint density at radius 3 is 2.91 bits per heavy atom. The summed E-state index contributed by atoms with van der Waals surface area (Å²) in [5.41, 5.74) is -0.506. The summed E-state index contributed by atoms with van der Waals surface area (Å²) in [4.78, 5) is 22.1. The number of non-ortho nitro benzene ring substituents is 1. The molecule has 0 aliphatic carbocycles. The van der Waals surface area contributed by atoms with Crippen LogP contribution >= 0.6 is 15.9 Å². The second-order valence-corrected chi connectivity index (χ2v) is 5.61. The highest BCUT2D eigenvalue weighted by Crippen LogP contribution is 2.22. The van der Waals surface area contributed by atoms with Crippen LogP contribution in [0.15, 0.2) is 35.1 Å². The first kappa shape index (κ1) is 16.1. The molecule has 22 heavy (non-hydrogen) atoms. The molecular formula is C13H12BrFN4O3. The minimum Gasteiger partial charge on any atom is -0.323 e. The Hall–Kier alpha value is -2.29. The molecule has 0 radical (unpaired) electrons. The van der Waals surface area contributed by atoms with Crippen molar-refractivity contribution in [2.24, 2.45) is 5.92 Å². The van der Waals surface area contributed by atoms with Crippen molar-refractivity contribution in [2.45, 2.75) is 13.5 Å². The van der Waals surface area contributed by atoms with Crippen LogP contribution in [0.2, 0.25) is 0 Å². The zero-order chi connectivity index (χ0) is 16.3. The summed E-state index contributed by atoms with van der Waals surface area (Å²) in [5, 5.41) is 17.1. The van der Waals surface area contributed by atoms with E-state index in [4.69, 9.17) is 0 Å². The van der Waals surface area contributed by atoms with E-state index in [0.29, 0.717) is 6.54 Å². The molecule has 1 atom stereocenters. The van der Waals surface area contributed by atoms with Crippen molar-refractivity contribution in [1.29, 1.82) is 0 Å². The third kappa shape index (κ3) is 3.88. The number of amides is 1. The van der Waals surface area contributed by atoms with Gasteiger partial charge in [0.05, 0.1) is 33.7 Å². The SMILES string of the molecule is C[C@H](Cn1cc(Br)cn1)C(=O)Nc1cc([N+](=O)[O-])ccc1F. The molecule has 0 spiro atoms. The van der Waals surface area contributed by atoms with Crippen LogP contribution in [0.5, 0.6) is 0 Å². The fourth-order valence-corrected chi connectivity index (χ4v) is 2.11. The van der Waals surface area contributed by atoms with Crippen LogP contribution in [-0.4, -0.2) is 20.6 Å². The van der Waals surface area contributed by atoms with Crippen LogP contribution in [0, 0.1) is 21.8 Å². The molecule has 1 N–H and O–H groups in total. The van der Waals surface area contributed by atoms with Gasteiger partial charge in [-0.15, -0.1) is 0 Å². The van der Waals surface area contributed by atoms with E-state index in [1.165, 1.54) is 0 Å². The molecule has 0 fully saturated rings. The number of benzene rings is 1. The molecule has 0 saturated heterocycles. The van der Waals surface area contributed by atoms with Crippen LogP contribution < -0.4 is 5.32 Å². The van der Waals surface area contributed by atoms with E-state index in [1.54, 1.807) is 24.0 Å². The van der Waals surface area contributed by atoms with Gasteiger partial charge in [0.2, 0.25) is 5.91 Å². The lowest BCUT2D eigenvalue weighted by molar-refractivity contribution is -0.384. The van der Waals surface area contributed by atoms with Gasteiger partial charge in [0.25, 0.3) is 5.69 Å². The number of nitro groups is 1. The van der Waals surface area contributed by atoms with Gasteiger partial charge in [0.1, 0.15) is 5.82 Å². The van der Waals surface area contributed by atoms with Crippen molar-refractivity contribution in [3.63, 3.8) is 0 Å². The van der Waals surface area contributed by atoms with Crippen molar-refractivity contribution < 1.29 is 14.1 Å². The van der Waals surface area contributed by atoms with E-state index in [-0.39, 0.29) is 11.4 Å². The first-order chi connectivity index (χ1) is 10.4. The molecule has 0 aliphatic rings. The molecule has 0 aliphatic heterocycles. The number of carbonyl (C=O) groups is 1. The largest absolute Gasteiger partial charge is 0.323 e. The van der Waals surface area contributed by atoms with Gasteiger partial charge >= 0.3 is 0 Å². The van der Waals surface area contributed by atoms with E-state index in [2.05, 4.69) is 26.3 Å². The summed E-state index contributed by atoms with van der Waals surface area (Å²) in [6.07, 6.45) is 3.29. The molecule has 1 amide bonds. The van der Waals surface area contributed by atoms with E-state index in [9.17, 15) is 19.3 Å². The van der Waals surface area contributed by atoms with E-state index in [0.717, 1.165) is 22.7 Å². The molecule has 7 nitrogen and oxygen atoms in total. The Morgan fingerprint density at radius 2 is 2.32 bits per heavy atom. The van der Waals surface area contributed by atoms with E-state index >= 15 is 0 Å². The highest BCUT2D eigenvalue weighted by molar-refractivity contribution is 9.10. The number of nitrogens with one attached hydrogen (secondary N) is 1. The van der Waals surface area contributed by atoms with Crippen LogP contribution in [-0.2, 0) is 11.3 Å². The molecule has 2 aromatic rings. The Bertz CT molecular complexity index is 719. The lowest BCUT2D eigenvalue weighted by Gasteiger charge is -2.12. The zero-order valence-corrected chi connectivity index (χ0v) is 13.1. The van der Waals surface area contributed by atoms with E-state index < -0.39 is 22.6 Å². The van der Waals surface area contributed by atoms with Gasteiger partial charge in [-0.3, -0.25) is 19.6 Å².